The van der Waals surface area contributed by atoms with Crippen LogP contribution in [0.5, 0.6) is 11.5 Å². The Morgan fingerprint density at radius 1 is 0.958 bits per heavy atom. The summed E-state index contributed by atoms with van der Waals surface area (Å²) >= 11 is 5.43. The van der Waals surface area contributed by atoms with E-state index in [1.165, 1.54) is 0 Å². The number of aliphatic imine (C=N–C) groups is 1. The van der Waals surface area contributed by atoms with E-state index in [0.29, 0.717) is 0 Å². The molecule has 0 amide bonds. The van der Waals surface area contributed by atoms with Gasteiger partial charge in [-0.05, 0) is 71.5 Å². The molecule has 7 heteroatoms. The third-order valence-electron chi connectivity index (χ3n) is 3.12. The van der Waals surface area contributed by atoms with Crippen LogP contribution in [0.2, 0.25) is 0 Å². The fraction of sp³-hybridized carbons (Fsp3) is 0.176. The lowest BCUT2D eigenvalue weighted by Crippen LogP contribution is -2.03. The molecule has 126 valence electrons. The molecule has 0 N–H and O–H groups in total. The maximum atomic E-state index is 5.80. The molecule has 1 atom stereocenters. The van der Waals surface area contributed by atoms with Gasteiger partial charge in [-0.3, -0.25) is 4.99 Å². The van der Waals surface area contributed by atoms with Crippen LogP contribution in [0, 0.1) is 0 Å². The van der Waals surface area contributed by atoms with E-state index in [2.05, 4.69) is 10.1 Å². The molecule has 0 saturated carbocycles. The van der Waals surface area contributed by atoms with Crippen LogP contribution < -0.4 is 9.26 Å². The molecular formula is C17H20N3O2PS. The summed E-state index contributed by atoms with van der Waals surface area (Å²) in [4.78, 5) is 3.97. The Labute approximate surface area is 148 Å². The van der Waals surface area contributed by atoms with E-state index < -0.39 is 7.07 Å². The van der Waals surface area contributed by atoms with Crippen molar-refractivity contribution >= 4 is 31.3 Å². The van der Waals surface area contributed by atoms with Gasteiger partial charge in [0.2, 0.25) is 7.07 Å². The molecule has 2 aromatic carbocycles. The highest BCUT2D eigenvalue weighted by atomic mass is 32.4. The summed E-state index contributed by atoms with van der Waals surface area (Å²) in [6, 6.07) is 15.3. The van der Waals surface area contributed by atoms with Crippen LogP contribution in [0.3, 0.4) is 0 Å². The Balaban J connectivity index is 1.94. The van der Waals surface area contributed by atoms with Crippen molar-refractivity contribution in [1.82, 2.24) is 4.78 Å². The van der Waals surface area contributed by atoms with Gasteiger partial charge < -0.3 is 9.26 Å². The molecule has 0 saturated heterocycles. The van der Waals surface area contributed by atoms with E-state index >= 15 is 0 Å². The number of benzene rings is 2. The van der Waals surface area contributed by atoms with E-state index in [4.69, 9.17) is 21.1 Å². The number of nitrogens with zero attached hydrogens (tertiary/aromatic N) is 3. The maximum Gasteiger partial charge on any atom is 0.207 e. The largest absolute Gasteiger partial charge is 0.497 e. The molecule has 24 heavy (non-hydrogen) atoms. The van der Waals surface area contributed by atoms with Crippen molar-refractivity contribution in [2.45, 2.75) is 0 Å². The van der Waals surface area contributed by atoms with Crippen molar-refractivity contribution in [3.05, 3.63) is 59.7 Å². The van der Waals surface area contributed by atoms with Gasteiger partial charge >= 0.3 is 0 Å². The number of rotatable bonds is 7. The summed E-state index contributed by atoms with van der Waals surface area (Å²) < 4.78 is 12.6. The van der Waals surface area contributed by atoms with Crippen LogP contribution in [-0.2, 0) is 11.8 Å². The summed E-state index contributed by atoms with van der Waals surface area (Å²) in [5.74, 6) is 1.55. The SMILES string of the molecule is C/N=C/c1ccc(O[PH](=S)N(C)/N=C/c2ccc(OC)cc2)cc1. The Morgan fingerprint density at radius 3 is 2.04 bits per heavy atom. The van der Waals surface area contributed by atoms with Crippen LogP contribution in [0.25, 0.3) is 0 Å². The maximum absolute atomic E-state index is 5.80. The first-order chi connectivity index (χ1) is 11.6. The van der Waals surface area contributed by atoms with Crippen LogP contribution in [-0.4, -0.2) is 38.4 Å². The zero-order chi connectivity index (χ0) is 17.4. The predicted octanol–water partition coefficient (Wildman–Crippen LogP) is 3.59. The van der Waals surface area contributed by atoms with Gasteiger partial charge in [-0.15, -0.1) is 0 Å². The molecule has 5 nitrogen and oxygen atoms in total. The molecule has 0 bridgehead atoms. The first-order valence-electron chi connectivity index (χ1n) is 7.28. The predicted molar refractivity (Wildman–Crippen MR) is 105 cm³/mol. The van der Waals surface area contributed by atoms with Gasteiger partial charge in [-0.2, -0.15) is 5.10 Å². The number of ether oxygens (including phenoxy) is 1. The zero-order valence-electron chi connectivity index (χ0n) is 13.8. The van der Waals surface area contributed by atoms with Gasteiger partial charge in [0.1, 0.15) is 11.5 Å². The normalized spacial score (nSPS) is 12.5. The molecule has 0 aliphatic carbocycles. The number of methoxy groups -OCH3 is 1. The Kier molecular flexibility index (Phi) is 6.97. The molecule has 0 heterocycles. The number of hydrazone groups is 1. The van der Waals surface area contributed by atoms with Gasteiger partial charge in [0, 0.05) is 20.3 Å². The van der Waals surface area contributed by atoms with E-state index in [1.807, 2.05) is 55.6 Å². The van der Waals surface area contributed by atoms with E-state index in [0.717, 1.165) is 22.6 Å². The Morgan fingerprint density at radius 2 is 1.50 bits per heavy atom. The summed E-state index contributed by atoms with van der Waals surface area (Å²) in [7, 11) is 3.53. The molecule has 0 spiro atoms. The molecule has 0 radical (unpaired) electrons. The van der Waals surface area contributed by atoms with Crippen LogP contribution in [0.1, 0.15) is 11.1 Å². The quantitative estimate of drug-likeness (QED) is 0.430. The van der Waals surface area contributed by atoms with Crippen LogP contribution in [0.4, 0.5) is 0 Å². The molecule has 0 aliphatic rings. The monoisotopic (exact) mass is 361 g/mol. The first kappa shape index (κ1) is 18.2. The van der Waals surface area contributed by atoms with Gasteiger partial charge in [0.15, 0.2) is 0 Å². The number of hydrogen-bond acceptors (Lipinski definition) is 5. The minimum Gasteiger partial charge on any atom is -0.497 e. The molecule has 2 aromatic rings. The van der Waals surface area contributed by atoms with Gasteiger partial charge in [0.05, 0.1) is 13.3 Å². The molecule has 0 aliphatic heterocycles. The smallest absolute Gasteiger partial charge is 0.207 e. The second-order valence-electron chi connectivity index (χ2n) is 4.87. The Bertz CT molecular complexity index is 731. The van der Waals surface area contributed by atoms with E-state index in [9.17, 15) is 0 Å². The standard InChI is InChI=1S/C17H20N3O2PS/c1-18-12-14-6-10-17(11-7-14)22-23(24)20(2)19-13-15-4-8-16(21-3)9-5-15/h4-13,23H,1-3H3/b18-12+,19-13+. The second-order valence-corrected chi connectivity index (χ2v) is 7.30. The van der Waals surface area contributed by atoms with Gasteiger partial charge in [-0.25, -0.2) is 4.78 Å². The van der Waals surface area contributed by atoms with E-state index in [1.54, 1.807) is 31.4 Å². The fourth-order valence-corrected chi connectivity index (χ4v) is 2.88. The minimum absolute atomic E-state index is 0.735. The first-order valence-corrected chi connectivity index (χ1v) is 9.77. The van der Waals surface area contributed by atoms with E-state index in [-0.39, 0.29) is 0 Å². The lowest BCUT2D eigenvalue weighted by molar-refractivity contribution is 0.415. The van der Waals surface area contributed by atoms with Crippen molar-refractivity contribution in [2.75, 3.05) is 21.2 Å². The third kappa shape index (κ3) is 5.48. The zero-order valence-corrected chi connectivity index (χ0v) is 15.7. The van der Waals surface area contributed by atoms with Crippen LogP contribution in [0.15, 0.2) is 58.6 Å². The molecule has 0 fully saturated rings. The average molecular weight is 361 g/mol. The molecule has 1 unspecified atom stereocenters. The number of hydrogen-bond donors (Lipinski definition) is 0. The van der Waals surface area contributed by atoms with Crippen molar-refractivity contribution in [3.63, 3.8) is 0 Å². The van der Waals surface area contributed by atoms with Crippen molar-refractivity contribution in [2.24, 2.45) is 10.1 Å². The molecule has 0 aromatic heterocycles. The van der Waals surface area contributed by atoms with Gasteiger partial charge in [-0.1, -0.05) is 0 Å². The summed E-state index contributed by atoms with van der Waals surface area (Å²) in [5.41, 5.74) is 1.99. The molecular weight excluding hydrogens is 341 g/mol. The van der Waals surface area contributed by atoms with Crippen LogP contribution >= 0.6 is 7.07 Å². The summed E-state index contributed by atoms with van der Waals surface area (Å²) in [6.45, 7) is 0. The third-order valence-corrected chi connectivity index (χ3v) is 5.22. The fourth-order valence-electron chi connectivity index (χ4n) is 1.83. The summed E-state index contributed by atoms with van der Waals surface area (Å²) in [5, 5.41) is 4.36. The molecule has 2 rings (SSSR count). The van der Waals surface area contributed by atoms with Gasteiger partial charge in [0.25, 0.3) is 0 Å². The minimum atomic E-state index is -1.67. The Hall–Kier alpha value is -2.17. The lowest BCUT2D eigenvalue weighted by atomic mass is 10.2. The average Bonchev–Trinajstić information content (AvgIpc) is 2.62. The highest BCUT2D eigenvalue weighted by Gasteiger charge is 2.03. The van der Waals surface area contributed by atoms with Crippen molar-refractivity contribution in [1.29, 1.82) is 0 Å². The van der Waals surface area contributed by atoms with Crippen molar-refractivity contribution in [3.8, 4) is 11.5 Å². The van der Waals surface area contributed by atoms with Crippen molar-refractivity contribution < 1.29 is 9.26 Å². The lowest BCUT2D eigenvalue weighted by Gasteiger charge is -2.16. The highest BCUT2D eigenvalue weighted by molar-refractivity contribution is 8.02. The topological polar surface area (TPSA) is 46.4 Å². The summed E-state index contributed by atoms with van der Waals surface area (Å²) in [6.07, 6.45) is 3.54. The second kappa shape index (κ2) is 9.21. The highest BCUT2D eigenvalue weighted by Crippen LogP contribution is 2.30.